The summed E-state index contributed by atoms with van der Waals surface area (Å²) in [6, 6.07) is 6.26. The van der Waals surface area contributed by atoms with Gasteiger partial charge in [0.1, 0.15) is 0 Å². The minimum absolute atomic E-state index is 0.101. The number of rotatable bonds is 4. The van der Waals surface area contributed by atoms with Crippen LogP contribution in [0.3, 0.4) is 0 Å². The first kappa shape index (κ1) is 13.2. The number of anilines is 1. The van der Waals surface area contributed by atoms with Crippen molar-refractivity contribution in [2.24, 2.45) is 0 Å². The summed E-state index contributed by atoms with van der Waals surface area (Å²) < 4.78 is 0. The van der Waals surface area contributed by atoms with Gasteiger partial charge in [0.2, 0.25) is 5.91 Å². The Hall–Kier alpha value is -1.88. The van der Waals surface area contributed by atoms with Gasteiger partial charge in [0.15, 0.2) is 0 Å². The second kappa shape index (κ2) is 6.00. The predicted octanol–water partition coefficient (Wildman–Crippen LogP) is 0.756. The maximum Gasteiger partial charge on any atom is 0.251 e. The van der Waals surface area contributed by atoms with Crippen LogP contribution < -0.4 is 10.6 Å². The third kappa shape index (κ3) is 4.24. The number of aliphatic hydroxyl groups is 1. The van der Waals surface area contributed by atoms with E-state index in [4.69, 9.17) is 5.11 Å². The fourth-order valence-corrected chi connectivity index (χ4v) is 1.26. The summed E-state index contributed by atoms with van der Waals surface area (Å²) in [5.74, 6) is -0.406. The number of hydrogen-bond donors (Lipinski definition) is 3. The largest absolute Gasteiger partial charge is 0.394 e. The fraction of sp³-hybridized carbons (Fsp3) is 0.333. The Balaban J connectivity index is 2.67. The standard InChI is InChI=1S/C12H16N2O3/c1-8(7-15)13-12(17)10-3-5-11(6-4-10)14-9(2)16/h3-6,8,15H,7H2,1-2H3,(H,13,17)(H,14,16)/t8-/m1/s1. The van der Waals surface area contributed by atoms with Crippen molar-refractivity contribution < 1.29 is 14.7 Å². The van der Waals surface area contributed by atoms with Crippen LogP contribution in [0.1, 0.15) is 24.2 Å². The molecule has 1 aromatic carbocycles. The molecule has 0 aliphatic rings. The Morgan fingerprint density at radius 2 is 1.88 bits per heavy atom. The molecule has 0 saturated heterocycles. The summed E-state index contributed by atoms with van der Waals surface area (Å²) in [6.07, 6.45) is 0. The van der Waals surface area contributed by atoms with Crippen LogP contribution in [-0.2, 0) is 4.79 Å². The number of hydrogen-bond acceptors (Lipinski definition) is 3. The first-order chi connectivity index (χ1) is 8.02. The van der Waals surface area contributed by atoms with Gasteiger partial charge in [-0.2, -0.15) is 0 Å². The van der Waals surface area contributed by atoms with E-state index >= 15 is 0 Å². The molecule has 1 aromatic rings. The molecule has 0 aromatic heterocycles. The maximum absolute atomic E-state index is 11.6. The molecule has 2 amide bonds. The van der Waals surface area contributed by atoms with Crippen molar-refractivity contribution in [3.63, 3.8) is 0 Å². The van der Waals surface area contributed by atoms with Gasteiger partial charge in [-0.3, -0.25) is 9.59 Å². The Morgan fingerprint density at radius 1 is 1.29 bits per heavy atom. The molecule has 5 nitrogen and oxygen atoms in total. The molecule has 0 radical (unpaired) electrons. The molecule has 1 atom stereocenters. The third-order valence-corrected chi connectivity index (χ3v) is 2.12. The minimum atomic E-state index is -0.280. The van der Waals surface area contributed by atoms with E-state index in [0.717, 1.165) is 0 Å². The van der Waals surface area contributed by atoms with Crippen molar-refractivity contribution in [3.8, 4) is 0 Å². The monoisotopic (exact) mass is 236 g/mol. The molecule has 0 aliphatic carbocycles. The van der Waals surface area contributed by atoms with E-state index in [1.807, 2.05) is 0 Å². The summed E-state index contributed by atoms with van der Waals surface area (Å²) in [4.78, 5) is 22.4. The highest BCUT2D eigenvalue weighted by atomic mass is 16.3. The molecule has 0 spiro atoms. The first-order valence-corrected chi connectivity index (χ1v) is 5.32. The number of amides is 2. The molecule has 0 unspecified atom stereocenters. The van der Waals surface area contributed by atoms with E-state index < -0.39 is 0 Å². The second-order valence-corrected chi connectivity index (χ2v) is 3.82. The average molecular weight is 236 g/mol. The van der Waals surface area contributed by atoms with Crippen LogP contribution in [0.5, 0.6) is 0 Å². The smallest absolute Gasteiger partial charge is 0.251 e. The second-order valence-electron chi connectivity index (χ2n) is 3.82. The number of nitrogens with one attached hydrogen (secondary N) is 2. The van der Waals surface area contributed by atoms with Crippen molar-refractivity contribution in [2.45, 2.75) is 19.9 Å². The molecule has 1 rings (SSSR count). The van der Waals surface area contributed by atoms with Crippen molar-refractivity contribution >= 4 is 17.5 Å². The Bertz CT molecular complexity index is 401. The van der Waals surface area contributed by atoms with Gasteiger partial charge in [0, 0.05) is 24.2 Å². The van der Waals surface area contributed by atoms with Crippen LogP contribution in [0.15, 0.2) is 24.3 Å². The van der Waals surface area contributed by atoms with Crippen LogP contribution in [0.25, 0.3) is 0 Å². The van der Waals surface area contributed by atoms with E-state index in [0.29, 0.717) is 11.3 Å². The molecule has 5 heteroatoms. The van der Waals surface area contributed by atoms with Crippen LogP contribution in [-0.4, -0.2) is 29.6 Å². The van der Waals surface area contributed by atoms with Crippen molar-refractivity contribution in [2.75, 3.05) is 11.9 Å². The Morgan fingerprint density at radius 3 is 2.35 bits per heavy atom. The normalized spacial score (nSPS) is 11.7. The number of benzene rings is 1. The summed E-state index contributed by atoms with van der Waals surface area (Å²) in [5, 5.41) is 14.1. The van der Waals surface area contributed by atoms with Crippen LogP contribution in [0.4, 0.5) is 5.69 Å². The van der Waals surface area contributed by atoms with Gasteiger partial charge in [0.05, 0.1) is 6.61 Å². The summed E-state index contributed by atoms with van der Waals surface area (Å²) in [5.41, 5.74) is 1.13. The Labute approximate surface area is 99.8 Å². The molecule has 0 aliphatic heterocycles. The molecule has 0 heterocycles. The van der Waals surface area contributed by atoms with Crippen molar-refractivity contribution in [3.05, 3.63) is 29.8 Å². The van der Waals surface area contributed by atoms with E-state index in [1.54, 1.807) is 31.2 Å². The van der Waals surface area contributed by atoms with Crippen molar-refractivity contribution in [1.29, 1.82) is 0 Å². The molecular weight excluding hydrogens is 220 g/mol. The van der Waals surface area contributed by atoms with Crippen LogP contribution >= 0.6 is 0 Å². The number of carbonyl (C=O) groups excluding carboxylic acids is 2. The zero-order chi connectivity index (χ0) is 12.8. The van der Waals surface area contributed by atoms with Crippen LogP contribution in [0, 0.1) is 0 Å². The summed E-state index contributed by atoms with van der Waals surface area (Å²) in [6.45, 7) is 3.03. The van der Waals surface area contributed by atoms with Gasteiger partial charge in [0.25, 0.3) is 5.91 Å². The minimum Gasteiger partial charge on any atom is -0.394 e. The molecule has 0 bridgehead atoms. The van der Waals surface area contributed by atoms with Crippen molar-refractivity contribution in [1.82, 2.24) is 5.32 Å². The van der Waals surface area contributed by atoms with E-state index in [9.17, 15) is 9.59 Å². The lowest BCUT2D eigenvalue weighted by Gasteiger charge is -2.11. The fourth-order valence-electron chi connectivity index (χ4n) is 1.26. The maximum atomic E-state index is 11.6. The zero-order valence-corrected chi connectivity index (χ0v) is 9.86. The van der Waals surface area contributed by atoms with E-state index in [-0.39, 0.29) is 24.5 Å². The highest BCUT2D eigenvalue weighted by Crippen LogP contribution is 2.09. The molecule has 92 valence electrons. The number of aliphatic hydroxyl groups excluding tert-OH is 1. The lowest BCUT2D eigenvalue weighted by molar-refractivity contribution is -0.114. The molecule has 0 fully saturated rings. The van der Waals surface area contributed by atoms with E-state index in [1.165, 1.54) is 6.92 Å². The van der Waals surface area contributed by atoms with Gasteiger partial charge in [-0.05, 0) is 31.2 Å². The first-order valence-electron chi connectivity index (χ1n) is 5.32. The Kier molecular flexibility index (Phi) is 4.66. The van der Waals surface area contributed by atoms with Gasteiger partial charge in [-0.25, -0.2) is 0 Å². The van der Waals surface area contributed by atoms with Gasteiger partial charge in [-0.1, -0.05) is 0 Å². The summed E-state index contributed by atoms with van der Waals surface area (Å²) in [7, 11) is 0. The van der Waals surface area contributed by atoms with Gasteiger partial charge < -0.3 is 15.7 Å². The highest BCUT2D eigenvalue weighted by molar-refractivity contribution is 5.95. The average Bonchev–Trinajstić information content (AvgIpc) is 2.28. The molecule has 17 heavy (non-hydrogen) atoms. The van der Waals surface area contributed by atoms with E-state index in [2.05, 4.69) is 10.6 Å². The molecule has 0 saturated carbocycles. The highest BCUT2D eigenvalue weighted by Gasteiger charge is 2.08. The van der Waals surface area contributed by atoms with Gasteiger partial charge >= 0.3 is 0 Å². The number of carbonyl (C=O) groups is 2. The lowest BCUT2D eigenvalue weighted by Crippen LogP contribution is -2.34. The third-order valence-electron chi connectivity index (χ3n) is 2.12. The quantitative estimate of drug-likeness (QED) is 0.722. The lowest BCUT2D eigenvalue weighted by atomic mass is 10.2. The van der Waals surface area contributed by atoms with Crippen LogP contribution in [0.2, 0.25) is 0 Å². The van der Waals surface area contributed by atoms with Gasteiger partial charge in [-0.15, -0.1) is 0 Å². The topological polar surface area (TPSA) is 78.4 Å². The predicted molar refractivity (Wildman–Crippen MR) is 64.8 cm³/mol. The zero-order valence-electron chi connectivity index (χ0n) is 9.86. The molecule has 3 N–H and O–H groups in total. The SMILES string of the molecule is CC(=O)Nc1ccc(C(=O)N[C@H](C)CO)cc1. The summed E-state index contributed by atoms with van der Waals surface area (Å²) >= 11 is 0. The molecular formula is C12H16N2O3.